The summed E-state index contributed by atoms with van der Waals surface area (Å²) in [5.41, 5.74) is 6.77. The topological polar surface area (TPSA) is 73.9 Å². The zero-order chi connectivity index (χ0) is 15.6. The van der Waals surface area contributed by atoms with Crippen molar-refractivity contribution in [2.24, 2.45) is 0 Å². The standard InChI is InChI=1S/C13H13F3N4O/c1-3-8-9(5-4-7(2)18-8)21-11-6-10(17)19-12(20-11)13(14,15)16/h4-6H,3H2,1-2H3,(H2,17,19,20). The Hall–Kier alpha value is -2.38. The molecule has 0 radical (unpaired) electrons. The normalized spacial score (nSPS) is 11.5. The van der Waals surface area contributed by atoms with Gasteiger partial charge in [-0.25, -0.2) is 4.98 Å². The molecule has 0 spiro atoms. The van der Waals surface area contributed by atoms with Gasteiger partial charge >= 0.3 is 6.18 Å². The van der Waals surface area contributed by atoms with Gasteiger partial charge in [-0.1, -0.05) is 6.92 Å². The number of nitrogen functional groups attached to an aromatic ring is 1. The van der Waals surface area contributed by atoms with Gasteiger partial charge in [0, 0.05) is 11.8 Å². The molecule has 5 nitrogen and oxygen atoms in total. The van der Waals surface area contributed by atoms with Crippen molar-refractivity contribution in [3.05, 3.63) is 35.4 Å². The molecule has 2 aromatic heterocycles. The number of ether oxygens (including phenoxy) is 1. The quantitative estimate of drug-likeness (QED) is 0.942. The first-order valence-electron chi connectivity index (χ1n) is 6.15. The molecule has 2 heterocycles. The molecular weight excluding hydrogens is 285 g/mol. The van der Waals surface area contributed by atoms with Crippen LogP contribution >= 0.6 is 0 Å². The van der Waals surface area contributed by atoms with Crippen molar-refractivity contribution < 1.29 is 17.9 Å². The van der Waals surface area contributed by atoms with E-state index in [2.05, 4.69) is 15.0 Å². The van der Waals surface area contributed by atoms with Crippen LogP contribution in [0.25, 0.3) is 0 Å². The Kier molecular flexibility index (Phi) is 3.97. The average molecular weight is 298 g/mol. The van der Waals surface area contributed by atoms with E-state index in [1.165, 1.54) is 0 Å². The zero-order valence-corrected chi connectivity index (χ0v) is 11.4. The van der Waals surface area contributed by atoms with Crippen molar-refractivity contribution in [3.8, 4) is 11.6 Å². The summed E-state index contributed by atoms with van der Waals surface area (Å²) in [6.45, 7) is 3.68. The number of alkyl halides is 3. The highest BCUT2D eigenvalue weighted by molar-refractivity contribution is 5.38. The third-order valence-corrected chi connectivity index (χ3v) is 2.60. The molecule has 0 aliphatic carbocycles. The van der Waals surface area contributed by atoms with Crippen LogP contribution in [0.15, 0.2) is 18.2 Å². The maximum absolute atomic E-state index is 12.6. The number of hydrogen-bond donors (Lipinski definition) is 1. The molecule has 0 bridgehead atoms. The number of anilines is 1. The van der Waals surface area contributed by atoms with E-state index >= 15 is 0 Å². The van der Waals surface area contributed by atoms with Crippen molar-refractivity contribution in [2.45, 2.75) is 26.4 Å². The van der Waals surface area contributed by atoms with E-state index in [1.54, 1.807) is 12.1 Å². The molecule has 2 N–H and O–H groups in total. The summed E-state index contributed by atoms with van der Waals surface area (Å²) >= 11 is 0. The van der Waals surface area contributed by atoms with Crippen molar-refractivity contribution >= 4 is 5.82 Å². The van der Waals surface area contributed by atoms with E-state index in [-0.39, 0.29) is 11.7 Å². The zero-order valence-electron chi connectivity index (χ0n) is 11.4. The molecule has 0 aliphatic rings. The first-order chi connectivity index (χ1) is 9.79. The predicted molar refractivity (Wildman–Crippen MR) is 69.9 cm³/mol. The Morgan fingerprint density at radius 2 is 1.90 bits per heavy atom. The molecular formula is C13H13F3N4O. The number of aromatic nitrogens is 3. The predicted octanol–water partition coefficient (Wildman–Crippen LogP) is 3.14. The fourth-order valence-electron chi connectivity index (χ4n) is 1.68. The molecule has 0 unspecified atom stereocenters. The van der Waals surface area contributed by atoms with Crippen LogP contribution in [0.5, 0.6) is 11.6 Å². The van der Waals surface area contributed by atoms with Crippen LogP contribution in [0.3, 0.4) is 0 Å². The molecule has 2 rings (SSSR count). The SMILES string of the molecule is CCc1nc(C)ccc1Oc1cc(N)nc(C(F)(F)F)n1. The second-order valence-electron chi connectivity index (χ2n) is 4.31. The lowest BCUT2D eigenvalue weighted by Crippen LogP contribution is -2.13. The lowest BCUT2D eigenvalue weighted by atomic mass is 10.2. The minimum absolute atomic E-state index is 0.268. The van der Waals surface area contributed by atoms with E-state index in [4.69, 9.17) is 10.5 Å². The Labute approximate surface area is 119 Å². The molecule has 0 amide bonds. The van der Waals surface area contributed by atoms with Crippen molar-refractivity contribution in [2.75, 3.05) is 5.73 Å². The average Bonchev–Trinajstić information content (AvgIpc) is 2.39. The second kappa shape index (κ2) is 5.55. The van der Waals surface area contributed by atoms with Gasteiger partial charge in [0.2, 0.25) is 11.7 Å². The van der Waals surface area contributed by atoms with Crippen LogP contribution in [-0.2, 0) is 12.6 Å². The first-order valence-corrected chi connectivity index (χ1v) is 6.15. The first kappa shape index (κ1) is 15.0. The van der Waals surface area contributed by atoms with Gasteiger partial charge in [-0.15, -0.1) is 0 Å². The van der Waals surface area contributed by atoms with E-state index in [0.717, 1.165) is 11.8 Å². The Morgan fingerprint density at radius 1 is 1.19 bits per heavy atom. The van der Waals surface area contributed by atoms with Gasteiger partial charge in [-0.2, -0.15) is 18.2 Å². The maximum Gasteiger partial charge on any atom is 0.451 e. The fourth-order valence-corrected chi connectivity index (χ4v) is 1.68. The molecule has 21 heavy (non-hydrogen) atoms. The monoisotopic (exact) mass is 298 g/mol. The number of hydrogen-bond acceptors (Lipinski definition) is 5. The highest BCUT2D eigenvalue weighted by Crippen LogP contribution is 2.30. The fraction of sp³-hybridized carbons (Fsp3) is 0.308. The molecule has 8 heteroatoms. The Morgan fingerprint density at radius 3 is 2.52 bits per heavy atom. The van der Waals surface area contributed by atoms with E-state index in [1.807, 2.05) is 13.8 Å². The van der Waals surface area contributed by atoms with Crippen LogP contribution in [0.4, 0.5) is 19.0 Å². The van der Waals surface area contributed by atoms with Crippen LogP contribution in [0.2, 0.25) is 0 Å². The molecule has 0 saturated heterocycles. The van der Waals surface area contributed by atoms with Gasteiger partial charge < -0.3 is 10.5 Å². The molecule has 0 fully saturated rings. The lowest BCUT2D eigenvalue weighted by Gasteiger charge is -2.11. The summed E-state index contributed by atoms with van der Waals surface area (Å²) in [6, 6.07) is 4.46. The van der Waals surface area contributed by atoms with Gasteiger partial charge in [0.25, 0.3) is 0 Å². The third kappa shape index (κ3) is 3.59. The Bertz CT molecular complexity index is 658. The van der Waals surface area contributed by atoms with Crippen LogP contribution < -0.4 is 10.5 Å². The van der Waals surface area contributed by atoms with Crippen molar-refractivity contribution in [1.82, 2.24) is 15.0 Å². The summed E-state index contributed by atoms with van der Waals surface area (Å²) in [7, 11) is 0. The van der Waals surface area contributed by atoms with E-state index in [9.17, 15) is 13.2 Å². The van der Waals surface area contributed by atoms with Crippen LogP contribution in [0.1, 0.15) is 24.1 Å². The van der Waals surface area contributed by atoms with Crippen LogP contribution in [-0.4, -0.2) is 15.0 Å². The van der Waals surface area contributed by atoms with E-state index in [0.29, 0.717) is 17.9 Å². The van der Waals surface area contributed by atoms with Gasteiger partial charge in [-0.3, -0.25) is 4.98 Å². The number of halogens is 3. The molecule has 2 aromatic rings. The van der Waals surface area contributed by atoms with Gasteiger partial charge in [0.1, 0.15) is 5.82 Å². The number of rotatable bonds is 3. The third-order valence-electron chi connectivity index (χ3n) is 2.60. The van der Waals surface area contributed by atoms with Crippen LogP contribution in [0, 0.1) is 6.92 Å². The summed E-state index contributed by atoms with van der Waals surface area (Å²) in [4.78, 5) is 10.7. The maximum atomic E-state index is 12.6. The molecule has 112 valence electrons. The van der Waals surface area contributed by atoms with Gasteiger partial charge in [-0.05, 0) is 25.5 Å². The largest absolute Gasteiger partial charge is 0.451 e. The molecule has 0 aliphatic heterocycles. The number of nitrogens with two attached hydrogens (primary N) is 1. The molecule has 0 saturated carbocycles. The van der Waals surface area contributed by atoms with Crippen molar-refractivity contribution in [1.29, 1.82) is 0 Å². The number of aryl methyl sites for hydroxylation is 2. The minimum atomic E-state index is -4.69. The summed E-state index contributed by atoms with van der Waals surface area (Å²) in [5, 5.41) is 0. The number of pyridine rings is 1. The highest BCUT2D eigenvalue weighted by atomic mass is 19.4. The van der Waals surface area contributed by atoms with E-state index < -0.39 is 12.0 Å². The smallest absolute Gasteiger partial charge is 0.437 e. The summed E-state index contributed by atoms with van der Waals surface area (Å²) < 4.78 is 43.3. The van der Waals surface area contributed by atoms with Gasteiger partial charge in [0.15, 0.2) is 5.75 Å². The molecule has 0 atom stereocenters. The summed E-state index contributed by atoms with van der Waals surface area (Å²) in [6.07, 6.45) is -4.11. The Balaban J connectivity index is 2.38. The highest BCUT2D eigenvalue weighted by Gasteiger charge is 2.35. The van der Waals surface area contributed by atoms with Crippen molar-refractivity contribution in [3.63, 3.8) is 0 Å². The number of nitrogens with zero attached hydrogens (tertiary/aromatic N) is 3. The summed E-state index contributed by atoms with van der Waals surface area (Å²) in [5.74, 6) is -1.58. The minimum Gasteiger partial charge on any atom is -0.437 e. The lowest BCUT2D eigenvalue weighted by molar-refractivity contribution is -0.145. The molecule has 0 aromatic carbocycles. The second-order valence-corrected chi connectivity index (χ2v) is 4.31. The van der Waals surface area contributed by atoms with Gasteiger partial charge in [0.05, 0.1) is 5.69 Å².